The fraction of sp³-hybridized carbons (Fsp3) is 0.571. The molecule has 0 spiro atoms. The van der Waals surface area contributed by atoms with E-state index < -0.39 is 0 Å². The van der Waals surface area contributed by atoms with Gasteiger partial charge in [0.1, 0.15) is 5.82 Å². The Morgan fingerprint density at radius 3 is 2.35 bits per heavy atom. The van der Waals surface area contributed by atoms with Gasteiger partial charge in [-0.15, -0.1) is 0 Å². The van der Waals surface area contributed by atoms with Crippen LogP contribution in [0.15, 0.2) is 24.3 Å². The van der Waals surface area contributed by atoms with Gasteiger partial charge >= 0.3 is 0 Å². The zero-order valence-corrected chi connectivity index (χ0v) is 11.8. The van der Waals surface area contributed by atoms with Gasteiger partial charge in [-0.2, -0.15) is 11.8 Å². The van der Waals surface area contributed by atoms with Gasteiger partial charge in [0.2, 0.25) is 0 Å². The van der Waals surface area contributed by atoms with E-state index in [0.29, 0.717) is 0 Å². The Morgan fingerprint density at radius 1 is 1.24 bits per heavy atom. The predicted octanol–water partition coefficient (Wildman–Crippen LogP) is 4.26. The van der Waals surface area contributed by atoms with Crippen molar-refractivity contribution >= 4 is 11.8 Å². The monoisotopic (exact) mass is 256 g/mol. The minimum absolute atomic E-state index is 0.0874. The lowest BCUT2D eigenvalue weighted by Crippen LogP contribution is -2.26. The summed E-state index contributed by atoms with van der Waals surface area (Å²) in [6.07, 6.45) is 0.237. The normalized spacial score (nSPS) is 13.7. The van der Waals surface area contributed by atoms with Crippen molar-refractivity contribution in [2.24, 2.45) is 0 Å². The Morgan fingerprint density at radius 2 is 1.82 bits per heavy atom. The third-order valence-electron chi connectivity index (χ3n) is 2.09. The molecule has 0 bridgehead atoms. The molecule has 0 fully saturated rings. The van der Waals surface area contributed by atoms with E-state index in [0.717, 1.165) is 17.1 Å². The average molecular weight is 256 g/mol. The average Bonchev–Trinajstić information content (AvgIpc) is 2.18. The molecule has 0 saturated heterocycles. The fourth-order valence-electron chi connectivity index (χ4n) is 1.56. The molecular weight excluding hydrogens is 235 g/mol. The Bertz CT molecular complexity index is 329. The van der Waals surface area contributed by atoms with Crippen molar-refractivity contribution in [3.8, 4) is 0 Å². The van der Waals surface area contributed by atoms with Crippen LogP contribution in [0.4, 0.5) is 4.39 Å². The van der Waals surface area contributed by atoms with Gasteiger partial charge in [-0.1, -0.05) is 12.1 Å². The van der Waals surface area contributed by atoms with Gasteiger partial charge < -0.3 is 4.74 Å². The SMILES string of the molecule is CC(CSCc1ccc(F)cc1)OC(C)(C)C. The molecule has 0 saturated carbocycles. The molecule has 0 aliphatic heterocycles. The van der Waals surface area contributed by atoms with Crippen molar-refractivity contribution in [1.82, 2.24) is 0 Å². The van der Waals surface area contributed by atoms with E-state index in [1.165, 1.54) is 12.1 Å². The highest BCUT2D eigenvalue weighted by atomic mass is 32.2. The minimum Gasteiger partial charge on any atom is -0.372 e. The second-order valence-corrected chi connectivity index (χ2v) is 6.21. The van der Waals surface area contributed by atoms with Crippen LogP contribution in [0.2, 0.25) is 0 Å². The van der Waals surface area contributed by atoms with Crippen LogP contribution in [0.25, 0.3) is 0 Å². The van der Waals surface area contributed by atoms with Crippen LogP contribution in [-0.4, -0.2) is 17.5 Å². The van der Waals surface area contributed by atoms with Crippen LogP contribution in [-0.2, 0) is 10.5 Å². The molecule has 0 aliphatic rings. The highest BCUT2D eigenvalue weighted by molar-refractivity contribution is 7.98. The summed E-state index contributed by atoms with van der Waals surface area (Å²) in [4.78, 5) is 0. The van der Waals surface area contributed by atoms with Gasteiger partial charge in [-0.25, -0.2) is 4.39 Å². The lowest BCUT2D eigenvalue weighted by atomic mass is 10.2. The summed E-state index contributed by atoms with van der Waals surface area (Å²) in [5.74, 6) is 1.68. The van der Waals surface area contributed by atoms with E-state index in [9.17, 15) is 4.39 Å². The molecular formula is C14H21FOS. The zero-order chi connectivity index (χ0) is 12.9. The molecule has 0 aromatic heterocycles. The molecule has 0 heterocycles. The van der Waals surface area contributed by atoms with E-state index in [-0.39, 0.29) is 17.5 Å². The number of hydrogen-bond donors (Lipinski definition) is 0. The van der Waals surface area contributed by atoms with Crippen LogP contribution in [0.3, 0.4) is 0 Å². The lowest BCUT2D eigenvalue weighted by molar-refractivity contribution is -0.0403. The number of benzene rings is 1. The molecule has 1 aromatic rings. The largest absolute Gasteiger partial charge is 0.372 e. The number of hydrogen-bond acceptors (Lipinski definition) is 2. The van der Waals surface area contributed by atoms with Gasteiger partial charge in [0, 0.05) is 11.5 Å². The van der Waals surface area contributed by atoms with Gasteiger partial charge in [-0.3, -0.25) is 0 Å². The van der Waals surface area contributed by atoms with Crippen LogP contribution in [0.5, 0.6) is 0 Å². The third-order valence-corrected chi connectivity index (χ3v) is 3.33. The Labute approximate surface area is 108 Å². The van der Waals surface area contributed by atoms with Crippen molar-refractivity contribution in [1.29, 1.82) is 0 Å². The standard InChI is InChI=1S/C14H21FOS/c1-11(16-14(2,3)4)9-17-10-12-5-7-13(15)8-6-12/h5-8,11H,9-10H2,1-4H3. The maximum absolute atomic E-state index is 12.7. The first-order chi connectivity index (χ1) is 7.87. The molecule has 17 heavy (non-hydrogen) atoms. The molecule has 1 aromatic carbocycles. The second-order valence-electron chi connectivity index (χ2n) is 5.18. The Hall–Kier alpha value is -0.540. The molecule has 1 atom stereocenters. The van der Waals surface area contributed by atoms with Crippen molar-refractivity contribution in [2.45, 2.75) is 45.2 Å². The van der Waals surface area contributed by atoms with Crippen LogP contribution < -0.4 is 0 Å². The summed E-state index contributed by atoms with van der Waals surface area (Å²) < 4.78 is 18.5. The highest BCUT2D eigenvalue weighted by Gasteiger charge is 2.14. The predicted molar refractivity (Wildman–Crippen MR) is 72.9 cm³/mol. The number of halogens is 1. The summed E-state index contributed by atoms with van der Waals surface area (Å²) in [5, 5.41) is 0. The van der Waals surface area contributed by atoms with Crippen molar-refractivity contribution in [3.05, 3.63) is 35.6 Å². The summed E-state index contributed by atoms with van der Waals surface area (Å²) in [6, 6.07) is 6.67. The summed E-state index contributed by atoms with van der Waals surface area (Å²) in [7, 11) is 0. The first-order valence-corrected chi connectivity index (χ1v) is 7.02. The minimum atomic E-state index is -0.178. The first kappa shape index (κ1) is 14.5. The highest BCUT2D eigenvalue weighted by Crippen LogP contribution is 2.18. The summed E-state index contributed by atoms with van der Waals surface area (Å²) in [5.41, 5.74) is 1.06. The quantitative estimate of drug-likeness (QED) is 0.778. The molecule has 3 heteroatoms. The summed E-state index contributed by atoms with van der Waals surface area (Å²) >= 11 is 1.81. The Kier molecular flexibility index (Phi) is 5.47. The van der Waals surface area contributed by atoms with Crippen LogP contribution >= 0.6 is 11.8 Å². The zero-order valence-electron chi connectivity index (χ0n) is 11.0. The van der Waals surface area contributed by atoms with Gasteiger partial charge in [-0.05, 0) is 45.4 Å². The number of thioether (sulfide) groups is 1. The van der Waals surface area contributed by atoms with Gasteiger partial charge in [0.05, 0.1) is 11.7 Å². The van der Waals surface area contributed by atoms with E-state index in [2.05, 4.69) is 27.7 Å². The third kappa shape index (κ3) is 6.69. The maximum atomic E-state index is 12.7. The molecule has 0 N–H and O–H groups in total. The molecule has 0 amide bonds. The molecule has 96 valence electrons. The molecule has 1 unspecified atom stereocenters. The van der Waals surface area contributed by atoms with Crippen molar-refractivity contribution < 1.29 is 9.13 Å². The second kappa shape index (κ2) is 6.41. The molecule has 1 rings (SSSR count). The van der Waals surface area contributed by atoms with Crippen molar-refractivity contribution in [2.75, 3.05) is 5.75 Å². The molecule has 0 radical (unpaired) electrons. The summed E-state index contributed by atoms with van der Waals surface area (Å²) in [6.45, 7) is 8.28. The molecule has 1 nitrogen and oxygen atoms in total. The van der Waals surface area contributed by atoms with Gasteiger partial charge in [0.15, 0.2) is 0 Å². The van der Waals surface area contributed by atoms with Crippen LogP contribution in [0.1, 0.15) is 33.3 Å². The van der Waals surface area contributed by atoms with Gasteiger partial charge in [0.25, 0.3) is 0 Å². The van der Waals surface area contributed by atoms with E-state index in [1.807, 2.05) is 23.9 Å². The van der Waals surface area contributed by atoms with E-state index in [1.54, 1.807) is 0 Å². The Balaban J connectivity index is 2.26. The number of ether oxygens (including phenoxy) is 1. The molecule has 0 aliphatic carbocycles. The van der Waals surface area contributed by atoms with E-state index >= 15 is 0 Å². The maximum Gasteiger partial charge on any atom is 0.123 e. The van der Waals surface area contributed by atoms with Crippen molar-refractivity contribution in [3.63, 3.8) is 0 Å². The fourth-order valence-corrected chi connectivity index (χ4v) is 2.51. The smallest absolute Gasteiger partial charge is 0.123 e. The van der Waals surface area contributed by atoms with Crippen LogP contribution in [0, 0.1) is 5.82 Å². The number of rotatable bonds is 5. The first-order valence-electron chi connectivity index (χ1n) is 5.87. The topological polar surface area (TPSA) is 9.23 Å². The van der Waals surface area contributed by atoms with E-state index in [4.69, 9.17) is 4.74 Å². The lowest BCUT2D eigenvalue weighted by Gasteiger charge is -2.24.